The zero-order chi connectivity index (χ0) is 15.1. The molecule has 0 radical (unpaired) electrons. The van der Waals surface area contributed by atoms with Crippen molar-refractivity contribution in [3.63, 3.8) is 0 Å². The molecule has 3 nitrogen and oxygen atoms in total. The third-order valence-corrected chi connectivity index (χ3v) is 3.58. The smallest absolute Gasteiger partial charge is 0.124 e. The summed E-state index contributed by atoms with van der Waals surface area (Å²) in [7, 11) is 3.36. The molecule has 0 spiro atoms. The Balaban J connectivity index is 1.97. The Labute approximate surface area is 130 Å². The second-order valence-corrected chi connectivity index (χ2v) is 5.18. The third kappa shape index (κ3) is 4.46. The highest BCUT2D eigenvalue weighted by Crippen LogP contribution is 2.25. The molecule has 0 bridgehead atoms. The van der Waals surface area contributed by atoms with Crippen molar-refractivity contribution in [1.82, 2.24) is 5.32 Å². The molecule has 0 heterocycles. The van der Waals surface area contributed by atoms with E-state index in [1.165, 1.54) is 11.1 Å². The van der Waals surface area contributed by atoms with Crippen molar-refractivity contribution in [3.8, 4) is 5.75 Å². The minimum Gasteiger partial charge on any atom is -0.496 e. The van der Waals surface area contributed by atoms with E-state index in [-0.39, 0.29) is 0 Å². The number of benzene rings is 2. The van der Waals surface area contributed by atoms with E-state index >= 15 is 0 Å². The van der Waals surface area contributed by atoms with Crippen LogP contribution < -0.4 is 10.1 Å². The van der Waals surface area contributed by atoms with Gasteiger partial charge in [-0.1, -0.05) is 41.9 Å². The van der Waals surface area contributed by atoms with Gasteiger partial charge >= 0.3 is 0 Å². The van der Waals surface area contributed by atoms with E-state index in [1.54, 1.807) is 14.2 Å². The summed E-state index contributed by atoms with van der Waals surface area (Å²) < 4.78 is 10.5. The van der Waals surface area contributed by atoms with Gasteiger partial charge in [-0.3, -0.25) is 0 Å². The molecule has 0 aliphatic rings. The highest BCUT2D eigenvalue weighted by molar-refractivity contribution is 6.31. The molecular weight excluding hydrogens is 286 g/mol. The van der Waals surface area contributed by atoms with Gasteiger partial charge in [-0.15, -0.1) is 0 Å². The molecule has 2 aromatic carbocycles. The lowest BCUT2D eigenvalue weighted by Crippen LogP contribution is -2.14. The average molecular weight is 306 g/mol. The van der Waals surface area contributed by atoms with Gasteiger partial charge in [-0.25, -0.2) is 0 Å². The van der Waals surface area contributed by atoms with E-state index in [1.807, 2.05) is 24.3 Å². The minimum absolute atomic E-state index is 0.631. The number of hydrogen-bond acceptors (Lipinski definition) is 3. The molecule has 0 fully saturated rings. The molecule has 2 rings (SSSR count). The summed E-state index contributed by atoms with van der Waals surface area (Å²) in [5.74, 6) is 0.808. The van der Waals surface area contributed by atoms with E-state index in [4.69, 9.17) is 21.1 Å². The van der Waals surface area contributed by atoms with Crippen molar-refractivity contribution >= 4 is 11.6 Å². The number of rotatable bonds is 7. The van der Waals surface area contributed by atoms with Gasteiger partial charge in [0, 0.05) is 30.8 Å². The van der Waals surface area contributed by atoms with Crippen molar-refractivity contribution in [2.24, 2.45) is 0 Å². The SMILES string of the molecule is COCc1cccc(CNCc2c(Cl)cccc2OC)c1. The molecule has 112 valence electrons. The number of hydrogen-bond donors (Lipinski definition) is 1. The van der Waals surface area contributed by atoms with Gasteiger partial charge in [0.25, 0.3) is 0 Å². The Morgan fingerprint density at radius 2 is 1.76 bits per heavy atom. The molecule has 0 atom stereocenters. The predicted molar refractivity (Wildman–Crippen MR) is 85.7 cm³/mol. The van der Waals surface area contributed by atoms with Crippen LogP contribution in [0.15, 0.2) is 42.5 Å². The second kappa shape index (κ2) is 8.03. The van der Waals surface area contributed by atoms with E-state index in [2.05, 4.69) is 23.5 Å². The summed E-state index contributed by atoms with van der Waals surface area (Å²) >= 11 is 6.22. The first-order valence-electron chi connectivity index (χ1n) is 6.83. The Kier molecular flexibility index (Phi) is 6.05. The normalized spacial score (nSPS) is 10.6. The minimum atomic E-state index is 0.631. The fourth-order valence-electron chi connectivity index (χ4n) is 2.23. The topological polar surface area (TPSA) is 30.5 Å². The van der Waals surface area contributed by atoms with Crippen LogP contribution >= 0.6 is 11.6 Å². The number of nitrogens with one attached hydrogen (secondary N) is 1. The van der Waals surface area contributed by atoms with Gasteiger partial charge in [0.1, 0.15) is 5.75 Å². The molecule has 0 saturated heterocycles. The largest absolute Gasteiger partial charge is 0.496 e. The standard InChI is InChI=1S/C17H20ClNO2/c1-20-12-14-6-3-5-13(9-14)10-19-11-15-16(18)7-4-8-17(15)21-2/h3-9,19H,10-12H2,1-2H3. The van der Waals surface area contributed by atoms with Crippen LogP contribution in [0.25, 0.3) is 0 Å². The van der Waals surface area contributed by atoms with Crippen molar-refractivity contribution in [3.05, 3.63) is 64.2 Å². The number of halogens is 1. The first kappa shape index (κ1) is 15.8. The van der Waals surface area contributed by atoms with Crippen molar-refractivity contribution in [1.29, 1.82) is 0 Å². The Hall–Kier alpha value is -1.55. The molecule has 0 amide bonds. The molecule has 0 unspecified atom stereocenters. The van der Waals surface area contributed by atoms with Gasteiger partial charge in [-0.2, -0.15) is 0 Å². The van der Waals surface area contributed by atoms with Crippen LogP contribution in [0.4, 0.5) is 0 Å². The average Bonchev–Trinajstić information content (AvgIpc) is 2.49. The summed E-state index contributed by atoms with van der Waals surface area (Å²) in [6, 6.07) is 14.0. The number of ether oxygens (including phenoxy) is 2. The summed E-state index contributed by atoms with van der Waals surface area (Å²) in [4.78, 5) is 0. The summed E-state index contributed by atoms with van der Waals surface area (Å²) in [5, 5.41) is 4.12. The van der Waals surface area contributed by atoms with E-state index in [0.717, 1.165) is 22.9 Å². The van der Waals surface area contributed by atoms with Gasteiger partial charge in [0.15, 0.2) is 0 Å². The molecule has 0 aliphatic carbocycles. The second-order valence-electron chi connectivity index (χ2n) is 4.78. The quantitative estimate of drug-likeness (QED) is 0.844. The molecule has 21 heavy (non-hydrogen) atoms. The highest BCUT2D eigenvalue weighted by Gasteiger charge is 2.07. The van der Waals surface area contributed by atoms with Gasteiger partial charge in [0.2, 0.25) is 0 Å². The molecule has 0 saturated carbocycles. The van der Waals surface area contributed by atoms with Crippen LogP contribution in [-0.2, 0) is 24.4 Å². The van der Waals surface area contributed by atoms with E-state index in [0.29, 0.717) is 13.2 Å². The maximum atomic E-state index is 6.22. The third-order valence-electron chi connectivity index (χ3n) is 3.23. The van der Waals surface area contributed by atoms with E-state index in [9.17, 15) is 0 Å². The Morgan fingerprint density at radius 3 is 2.52 bits per heavy atom. The maximum Gasteiger partial charge on any atom is 0.124 e. The van der Waals surface area contributed by atoms with Crippen LogP contribution in [0.3, 0.4) is 0 Å². The summed E-state index contributed by atoms with van der Waals surface area (Å²) in [6.45, 7) is 2.06. The molecule has 4 heteroatoms. The van der Waals surface area contributed by atoms with Crippen LogP contribution in [0.2, 0.25) is 5.02 Å². The van der Waals surface area contributed by atoms with Crippen molar-refractivity contribution in [2.45, 2.75) is 19.7 Å². The zero-order valence-corrected chi connectivity index (χ0v) is 13.1. The summed E-state index contributed by atoms with van der Waals surface area (Å²) in [6.07, 6.45) is 0. The molecular formula is C17H20ClNO2. The Morgan fingerprint density at radius 1 is 1.00 bits per heavy atom. The first-order chi connectivity index (χ1) is 10.2. The fraction of sp³-hybridized carbons (Fsp3) is 0.294. The van der Waals surface area contributed by atoms with Crippen LogP contribution in [0.5, 0.6) is 5.75 Å². The Bertz CT molecular complexity index is 587. The first-order valence-corrected chi connectivity index (χ1v) is 7.21. The van der Waals surface area contributed by atoms with E-state index < -0.39 is 0 Å². The molecule has 0 aromatic heterocycles. The number of methoxy groups -OCH3 is 2. The van der Waals surface area contributed by atoms with Gasteiger partial charge in [0.05, 0.1) is 13.7 Å². The van der Waals surface area contributed by atoms with Gasteiger partial charge in [-0.05, 0) is 23.3 Å². The molecule has 2 aromatic rings. The monoisotopic (exact) mass is 305 g/mol. The van der Waals surface area contributed by atoms with Crippen LogP contribution in [-0.4, -0.2) is 14.2 Å². The summed E-state index contributed by atoms with van der Waals surface area (Å²) in [5.41, 5.74) is 3.37. The molecule has 1 N–H and O–H groups in total. The van der Waals surface area contributed by atoms with Crippen molar-refractivity contribution in [2.75, 3.05) is 14.2 Å². The highest BCUT2D eigenvalue weighted by atomic mass is 35.5. The van der Waals surface area contributed by atoms with Gasteiger partial charge < -0.3 is 14.8 Å². The maximum absolute atomic E-state index is 6.22. The lowest BCUT2D eigenvalue weighted by Gasteiger charge is -2.12. The lowest BCUT2D eigenvalue weighted by molar-refractivity contribution is 0.185. The molecule has 0 aliphatic heterocycles. The zero-order valence-electron chi connectivity index (χ0n) is 12.4. The van der Waals surface area contributed by atoms with Crippen molar-refractivity contribution < 1.29 is 9.47 Å². The van der Waals surface area contributed by atoms with Crippen LogP contribution in [0, 0.1) is 0 Å². The van der Waals surface area contributed by atoms with Crippen LogP contribution in [0.1, 0.15) is 16.7 Å². The fourth-order valence-corrected chi connectivity index (χ4v) is 2.46. The lowest BCUT2D eigenvalue weighted by atomic mass is 10.1. The predicted octanol–water partition coefficient (Wildman–Crippen LogP) is 3.78.